The highest BCUT2D eigenvalue weighted by atomic mass is 35.5. The summed E-state index contributed by atoms with van der Waals surface area (Å²) in [5.74, 6) is 0.0447. The molecule has 0 aliphatic carbocycles. The quantitative estimate of drug-likeness (QED) is 0.694. The monoisotopic (exact) mass is 430 g/mol. The van der Waals surface area contributed by atoms with Crippen molar-refractivity contribution in [2.24, 2.45) is 0 Å². The highest BCUT2D eigenvalue weighted by molar-refractivity contribution is 7.89. The molecule has 0 bridgehead atoms. The molecule has 0 radical (unpaired) electrons. The molecule has 0 saturated carbocycles. The van der Waals surface area contributed by atoms with E-state index in [0.717, 1.165) is 0 Å². The van der Waals surface area contributed by atoms with Gasteiger partial charge in [0.25, 0.3) is 0 Å². The van der Waals surface area contributed by atoms with Crippen molar-refractivity contribution < 1.29 is 17.9 Å². The third-order valence-electron chi connectivity index (χ3n) is 3.67. The molecule has 2 aromatic rings. The fourth-order valence-corrected chi connectivity index (χ4v) is 3.92. The van der Waals surface area contributed by atoms with E-state index < -0.39 is 22.0 Å². The van der Waals surface area contributed by atoms with E-state index in [9.17, 15) is 13.2 Å². The van der Waals surface area contributed by atoms with Crippen LogP contribution < -0.4 is 14.8 Å². The Morgan fingerprint density at radius 3 is 2.52 bits per heavy atom. The smallest absolute Gasteiger partial charge is 0.242 e. The normalized spacial score (nSPS) is 12.5. The van der Waals surface area contributed by atoms with Crippen LogP contribution in [0.4, 0.5) is 5.69 Å². The molecule has 146 valence electrons. The van der Waals surface area contributed by atoms with Crippen LogP contribution in [0, 0.1) is 6.92 Å². The van der Waals surface area contributed by atoms with Crippen molar-refractivity contribution in [1.82, 2.24) is 4.72 Å². The zero-order chi connectivity index (χ0) is 20.2. The van der Waals surface area contributed by atoms with Crippen LogP contribution in [-0.4, -0.2) is 27.0 Å². The van der Waals surface area contributed by atoms with Gasteiger partial charge in [-0.1, -0.05) is 23.2 Å². The summed E-state index contributed by atoms with van der Waals surface area (Å²) in [6.45, 7) is 5.51. The van der Waals surface area contributed by atoms with Crippen LogP contribution in [0.5, 0.6) is 5.75 Å². The van der Waals surface area contributed by atoms with Gasteiger partial charge in [-0.15, -0.1) is 0 Å². The zero-order valence-electron chi connectivity index (χ0n) is 15.0. The molecule has 0 unspecified atom stereocenters. The second kappa shape index (κ2) is 8.93. The van der Waals surface area contributed by atoms with E-state index in [1.165, 1.54) is 31.2 Å². The Morgan fingerprint density at radius 2 is 1.89 bits per heavy atom. The van der Waals surface area contributed by atoms with Gasteiger partial charge in [0, 0.05) is 5.02 Å². The largest absolute Gasteiger partial charge is 0.494 e. The standard InChI is InChI=1S/C18H20Cl2N2O4S/c1-4-26-17-8-6-14(9-11(17)2)27(24,25)22-12(3)18(23)21-16-10-13(19)5-7-15(16)20/h5-10,12,22H,4H2,1-3H3,(H,21,23)/t12-/m0/s1. The first-order valence-corrected chi connectivity index (χ1v) is 10.4. The number of anilines is 1. The van der Waals surface area contributed by atoms with Gasteiger partial charge in [-0.05, 0) is 62.7 Å². The SMILES string of the molecule is CCOc1ccc(S(=O)(=O)N[C@@H](C)C(=O)Nc2cc(Cl)ccc2Cl)cc1C. The fourth-order valence-electron chi connectivity index (χ4n) is 2.30. The van der Waals surface area contributed by atoms with Crippen LogP contribution in [0.15, 0.2) is 41.3 Å². The number of ether oxygens (including phenoxy) is 1. The van der Waals surface area contributed by atoms with Crippen LogP contribution in [0.1, 0.15) is 19.4 Å². The second-order valence-corrected chi connectivity index (χ2v) is 8.37. The van der Waals surface area contributed by atoms with E-state index in [1.807, 2.05) is 6.92 Å². The van der Waals surface area contributed by atoms with Crippen LogP contribution in [0.3, 0.4) is 0 Å². The van der Waals surface area contributed by atoms with Gasteiger partial charge in [0.1, 0.15) is 5.75 Å². The molecule has 27 heavy (non-hydrogen) atoms. The number of amides is 1. The van der Waals surface area contributed by atoms with Crippen molar-refractivity contribution in [2.75, 3.05) is 11.9 Å². The number of carbonyl (C=O) groups is 1. The maximum Gasteiger partial charge on any atom is 0.242 e. The first-order valence-electron chi connectivity index (χ1n) is 8.15. The molecular formula is C18H20Cl2N2O4S. The summed E-state index contributed by atoms with van der Waals surface area (Å²) in [5, 5.41) is 3.25. The fraction of sp³-hybridized carbons (Fsp3) is 0.278. The molecule has 0 aliphatic heterocycles. The maximum absolute atomic E-state index is 12.6. The third-order valence-corrected chi connectivity index (χ3v) is 5.77. The lowest BCUT2D eigenvalue weighted by atomic mass is 10.2. The minimum Gasteiger partial charge on any atom is -0.494 e. The Morgan fingerprint density at radius 1 is 1.19 bits per heavy atom. The molecule has 0 fully saturated rings. The minimum absolute atomic E-state index is 0.0453. The number of hydrogen-bond acceptors (Lipinski definition) is 4. The average Bonchev–Trinajstić information content (AvgIpc) is 2.59. The van der Waals surface area contributed by atoms with Crippen LogP contribution in [-0.2, 0) is 14.8 Å². The number of halogens is 2. The number of nitrogens with one attached hydrogen (secondary N) is 2. The third kappa shape index (κ3) is 5.59. The molecule has 6 nitrogen and oxygen atoms in total. The van der Waals surface area contributed by atoms with Gasteiger partial charge < -0.3 is 10.1 Å². The van der Waals surface area contributed by atoms with Crippen molar-refractivity contribution in [2.45, 2.75) is 31.7 Å². The lowest BCUT2D eigenvalue weighted by molar-refractivity contribution is -0.117. The Bertz CT molecular complexity index is 948. The van der Waals surface area contributed by atoms with Crippen molar-refractivity contribution in [3.05, 3.63) is 52.0 Å². The van der Waals surface area contributed by atoms with Gasteiger partial charge in [0.05, 0.1) is 28.3 Å². The summed E-state index contributed by atoms with van der Waals surface area (Å²) in [6.07, 6.45) is 0. The number of carbonyl (C=O) groups excluding carboxylic acids is 1. The van der Waals surface area contributed by atoms with Gasteiger partial charge >= 0.3 is 0 Å². The van der Waals surface area contributed by atoms with Gasteiger partial charge in [0.2, 0.25) is 15.9 Å². The van der Waals surface area contributed by atoms with Crippen LogP contribution >= 0.6 is 23.2 Å². The second-order valence-electron chi connectivity index (χ2n) is 5.82. The Hall–Kier alpha value is -1.80. The number of rotatable bonds is 7. The van der Waals surface area contributed by atoms with Crippen molar-refractivity contribution in [1.29, 1.82) is 0 Å². The van der Waals surface area contributed by atoms with Gasteiger partial charge in [-0.25, -0.2) is 8.42 Å². The molecule has 0 aliphatic rings. The van der Waals surface area contributed by atoms with E-state index in [2.05, 4.69) is 10.0 Å². The lowest BCUT2D eigenvalue weighted by Crippen LogP contribution is -2.41. The van der Waals surface area contributed by atoms with Gasteiger partial charge in [-0.2, -0.15) is 4.72 Å². The van der Waals surface area contributed by atoms with Crippen LogP contribution in [0.25, 0.3) is 0 Å². The van der Waals surface area contributed by atoms with E-state index in [1.54, 1.807) is 19.1 Å². The predicted molar refractivity (Wildman–Crippen MR) is 107 cm³/mol. The van der Waals surface area contributed by atoms with Gasteiger partial charge in [0.15, 0.2) is 0 Å². The number of aryl methyl sites for hydroxylation is 1. The molecule has 0 spiro atoms. The molecule has 2 rings (SSSR count). The van der Waals surface area contributed by atoms with Crippen molar-refractivity contribution >= 4 is 44.8 Å². The molecule has 2 aromatic carbocycles. The number of benzene rings is 2. The molecule has 0 heterocycles. The molecule has 0 aromatic heterocycles. The van der Waals surface area contributed by atoms with Gasteiger partial charge in [-0.3, -0.25) is 4.79 Å². The minimum atomic E-state index is -3.89. The lowest BCUT2D eigenvalue weighted by Gasteiger charge is -2.16. The predicted octanol–water partition coefficient (Wildman–Crippen LogP) is 4.01. The van der Waals surface area contributed by atoms with Crippen molar-refractivity contribution in [3.63, 3.8) is 0 Å². The van der Waals surface area contributed by atoms with E-state index in [0.29, 0.717) is 33.7 Å². The summed E-state index contributed by atoms with van der Waals surface area (Å²) in [5.41, 5.74) is 0.986. The first-order chi connectivity index (χ1) is 12.6. The Kier molecular flexibility index (Phi) is 7.11. The zero-order valence-corrected chi connectivity index (χ0v) is 17.4. The van der Waals surface area contributed by atoms with E-state index in [-0.39, 0.29) is 4.90 Å². The van der Waals surface area contributed by atoms with Crippen molar-refractivity contribution in [3.8, 4) is 5.75 Å². The summed E-state index contributed by atoms with van der Waals surface area (Å²) in [7, 11) is -3.89. The Labute approximate surface area is 168 Å². The summed E-state index contributed by atoms with van der Waals surface area (Å²) in [4.78, 5) is 12.4. The van der Waals surface area contributed by atoms with Crippen LogP contribution in [0.2, 0.25) is 10.0 Å². The Balaban J connectivity index is 2.13. The molecule has 0 saturated heterocycles. The molecule has 1 atom stereocenters. The number of sulfonamides is 1. The maximum atomic E-state index is 12.6. The molecule has 2 N–H and O–H groups in total. The first kappa shape index (κ1) is 21.5. The summed E-state index contributed by atoms with van der Waals surface area (Å²) in [6, 6.07) is 8.08. The number of hydrogen-bond donors (Lipinski definition) is 2. The van der Waals surface area contributed by atoms with E-state index >= 15 is 0 Å². The summed E-state index contributed by atoms with van der Waals surface area (Å²) >= 11 is 11.9. The average molecular weight is 431 g/mol. The molecule has 9 heteroatoms. The van der Waals surface area contributed by atoms with E-state index in [4.69, 9.17) is 27.9 Å². The highest BCUT2D eigenvalue weighted by Crippen LogP contribution is 2.26. The molecular weight excluding hydrogens is 411 g/mol. The molecule has 1 amide bonds. The summed E-state index contributed by atoms with van der Waals surface area (Å²) < 4.78 is 32.9. The highest BCUT2D eigenvalue weighted by Gasteiger charge is 2.23. The topological polar surface area (TPSA) is 84.5 Å².